The van der Waals surface area contributed by atoms with Crippen LogP contribution >= 0.6 is 0 Å². The van der Waals surface area contributed by atoms with Gasteiger partial charge >= 0.3 is 0 Å². The Morgan fingerprint density at radius 2 is 1.90 bits per heavy atom. The van der Waals surface area contributed by atoms with E-state index in [-0.39, 0.29) is 28.4 Å². The summed E-state index contributed by atoms with van der Waals surface area (Å²) in [6.07, 6.45) is 0.349. The quantitative estimate of drug-likeness (QED) is 0.606. The van der Waals surface area contributed by atoms with Gasteiger partial charge in [0.1, 0.15) is 34.9 Å². The van der Waals surface area contributed by atoms with Gasteiger partial charge in [0.2, 0.25) is 0 Å². The molecule has 5 atom stereocenters. The molecule has 0 saturated heterocycles. The van der Waals surface area contributed by atoms with Crippen LogP contribution in [0.2, 0.25) is 0 Å². The lowest BCUT2D eigenvalue weighted by molar-refractivity contribution is -0.289. The Labute approximate surface area is 181 Å². The Hall–Kier alpha value is -2.57. The monoisotopic (exact) mass is 423 g/mol. The second-order valence-corrected chi connectivity index (χ2v) is 9.81. The van der Waals surface area contributed by atoms with E-state index in [0.29, 0.717) is 30.9 Å². The fourth-order valence-electron chi connectivity index (χ4n) is 5.98. The highest BCUT2D eigenvalue weighted by Crippen LogP contribution is 2.67. The first-order valence-electron chi connectivity index (χ1n) is 11.0. The Kier molecular flexibility index (Phi) is 4.57. The largest absolute Gasteiger partial charge is 0.507 e. The van der Waals surface area contributed by atoms with Crippen molar-refractivity contribution in [3.63, 3.8) is 0 Å². The van der Waals surface area contributed by atoms with Crippen molar-refractivity contribution < 1.29 is 24.9 Å². The molecule has 3 saturated carbocycles. The van der Waals surface area contributed by atoms with E-state index in [1.807, 2.05) is 30.3 Å². The summed E-state index contributed by atoms with van der Waals surface area (Å²) < 4.78 is 6.17. The maximum absolute atomic E-state index is 13.0. The molecule has 2 aromatic rings. The van der Waals surface area contributed by atoms with Gasteiger partial charge in [-0.15, -0.1) is 0 Å². The summed E-state index contributed by atoms with van der Waals surface area (Å²) in [7, 11) is 0. The predicted molar refractivity (Wildman–Crippen MR) is 115 cm³/mol. The van der Waals surface area contributed by atoms with E-state index in [2.05, 4.69) is 19.2 Å². The normalized spacial score (nSPS) is 32.1. The topological polar surface area (TPSA) is 99.0 Å². The highest BCUT2D eigenvalue weighted by Gasteiger charge is 2.69. The molecule has 0 spiro atoms. The third-order valence-electron chi connectivity index (χ3n) is 7.97. The molecule has 4 aliphatic rings. The van der Waals surface area contributed by atoms with Crippen molar-refractivity contribution >= 4 is 5.91 Å². The fourth-order valence-corrected chi connectivity index (χ4v) is 5.98. The Morgan fingerprint density at radius 1 is 1.16 bits per heavy atom. The first-order valence-corrected chi connectivity index (χ1v) is 11.0. The van der Waals surface area contributed by atoms with Gasteiger partial charge in [0.15, 0.2) is 0 Å². The van der Waals surface area contributed by atoms with Gasteiger partial charge in [-0.1, -0.05) is 44.2 Å². The van der Waals surface area contributed by atoms with Crippen molar-refractivity contribution in [3.8, 4) is 11.5 Å². The van der Waals surface area contributed by atoms with Crippen LogP contribution in [0.3, 0.4) is 0 Å². The Balaban J connectivity index is 1.42. The zero-order valence-corrected chi connectivity index (χ0v) is 17.8. The lowest BCUT2D eigenvalue weighted by atomic mass is 9.42. The molecule has 1 heterocycles. The van der Waals surface area contributed by atoms with Gasteiger partial charge in [0, 0.05) is 12.1 Å². The van der Waals surface area contributed by atoms with Crippen molar-refractivity contribution in [3.05, 3.63) is 59.2 Å². The minimum absolute atomic E-state index is 0.0187. The molecule has 2 aromatic carbocycles. The van der Waals surface area contributed by atoms with E-state index in [9.17, 15) is 20.1 Å². The number of hydrogen-bond acceptors (Lipinski definition) is 5. The Morgan fingerprint density at radius 3 is 2.61 bits per heavy atom. The van der Waals surface area contributed by atoms with Gasteiger partial charge in [-0.3, -0.25) is 4.79 Å². The number of fused-ring (bicyclic) bond motifs is 1. The summed E-state index contributed by atoms with van der Waals surface area (Å²) in [6, 6.07) is 12.7. The van der Waals surface area contributed by atoms with Crippen LogP contribution in [-0.4, -0.2) is 39.5 Å². The van der Waals surface area contributed by atoms with E-state index in [0.717, 1.165) is 12.0 Å². The van der Waals surface area contributed by atoms with Crippen LogP contribution < -0.4 is 10.1 Å². The smallest absolute Gasteiger partial charge is 0.258 e. The maximum Gasteiger partial charge on any atom is 0.258 e. The van der Waals surface area contributed by atoms with E-state index < -0.39 is 23.7 Å². The number of aliphatic hydroxyl groups is 2. The van der Waals surface area contributed by atoms with Crippen LogP contribution in [0.25, 0.3) is 0 Å². The van der Waals surface area contributed by atoms with E-state index in [1.165, 1.54) is 6.07 Å². The number of hydrogen-bond donors (Lipinski definition) is 4. The van der Waals surface area contributed by atoms with Crippen LogP contribution in [0.15, 0.2) is 42.5 Å². The van der Waals surface area contributed by atoms with Crippen molar-refractivity contribution in [1.29, 1.82) is 0 Å². The molecule has 3 fully saturated rings. The molecule has 3 aliphatic carbocycles. The number of aromatic hydroxyl groups is 1. The van der Waals surface area contributed by atoms with Gasteiger partial charge in [-0.05, 0) is 54.2 Å². The number of aliphatic hydroxyl groups excluding tert-OH is 1. The number of nitrogens with one attached hydrogen (secondary N) is 1. The van der Waals surface area contributed by atoms with Crippen molar-refractivity contribution in [2.24, 2.45) is 17.3 Å². The second kappa shape index (κ2) is 6.97. The molecule has 1 amide bonds. The lowest BCUT2D eigenvalue weighted by Gasteiger charge is -2.67. The van der Waals surface area contributed by atoms with E-state index in [1.54, 1.807) is 6.07 Å². The summed E-state index contributed by atoms with van der Waals surface area (Å²) in [5.74, 6) is -0.154. The number of amides is 1. The molecule has 31 heavy (non-hydrogen) atoms. The average molecular weight is 424 g/mol. The average Bonchev–Trinajstić information content (AvgIpc) is 2.74. The van der Waals surface area contributed by atoms with Crippen LogP contribution in [0.4, 0.5) is 0 Å². The predicted octanol–water partition coefficient (Wildman–Crippen LogP) is 2.96. The third kappa shape index (κ3) is 2.88. The molecule has 0 radical (unpaired) electrons. The first kappa shape index (κ1) is 20.3. The highest BCUT2D eigenvalue weighted by atomic mass is 16.5. The van der Waals surface area contributed by atoms with Crippen LogP contribution in [0.5, 0.6) is 11.5 Å². The number of carbonyl (C=O) groups is 1. The minimum Gasteiger partial charge on any atom is -0.507 e. The molecule has 164 valence electrons. The number of benzene rings is 2. The van der Waals surface area contributed by atoms with Crippen LogP contribution in [0.1, 0.15) is 54.3 Å². The standard InChI is InChI=1S/C25H29NO5/c1-24(2)15-12-18(24)25(30)19(13-15)31-21-16(22(25)28)8-9-17(27)20(21)23(29)26-11-10-14-6-4-3-5-7-14/h3-9,15,18-19,22,27-28,30H,10-13H2,1-2H3,(H,26,29)/t15-,18-,19-,22+,25-/m1/s1. The van der Waals surface area contributed by atoms with Gasteiger partial charge < -0.3 is 25.4 Å². The molecule has 6 nitrogen and oxygen atoms in total. The van der Waals surface area contributed by atoms with Crippen LogP contribution in [0, 0.1) is 17.3 Å². The molecule has 2 bridgehead atoms. The zero-order valence-electron chi connectivity index (χ0n) is 17.8. The third-order valence-corrected chi connectivity index (χ3v) is 7.97. The van der Waals surface area contributed by atoms with Crippen molar-refractivity contribution in [2.75, 3.05) is 6.54 Å². The number of rotatable bonds is 4. The molecule has 0 unspecified atom stereocenters. The molecule has 0 aromatic heterocycles. The summed E-state index contributed by atoms with van der Waals surface area (Å²) in [5.41, 5.74) is 0.00394. The number of phenolic OH excluding ortho intramolecular Hbond substituents is 1. The van der Waals surface area contributed by atoms with Gasteiger partial charge in [0.05, 0.1) is 0 Å². The number of phenols is 1. The molecule has 6 heteroatoms. The summed E-state index contributed by atoms with van der Waals surface area (Å²) in [5, 5.41) is 36.1. The van der Waals surface area contributed by atoms with Gasteiger partial charge in [-0.2, -0.15) is 0 Å². The molecule has 4 N–H and O–H groups in total. The fraction of sp³-hybridized carbons (Fsp3) is 0.480. The molecule has 6 rings (SSSR count). The molecular formula is C25H29NO5. The SMILES string of the molecule is CC1(C)[C@@H]2C[C@H]1[C@@]1(O)[C@@H](C2)Oc2c(ccc(O)c2C(=O)NCCc2ccccc2)[C@@H]1O. The van der Waals surface area contributed by atoms with E-state index in [4.69, 9.17) is 4.74 Å². The number of carbonyl (C=O) groups excluding carboxylic acids is 1. The second-order valence-electron chi connectivity index (χ2n) is 9.81. The lowest BCUT2D eigenvalue weighted by Crippen LogP contribution is -2.72. The summed E-state index contributed by atoms with van der Waals surface area (Å²) >= 11 is 0. The molecule has 1 aliphatic heterocycles. The van der Waals surface area contributed by atoms with Crippen molar-refractivity contribution in [1.82, 2.24) is 5.32 Å². The minimum atomic E-state index is -1.40. The summed E-state index contributed by atoms with van der Waals surface area (Å²) in [6.45, 7) is 4.66. The first-order chi connectivity index (χ1) is 14.7. The summed E-state index contributed by atoms with van der Waals surface area (Å²) in [4.78, 5) is 13.0. The zero-order chi connectivity index (χ0) is 22.0. The van der Waals surface area contributed by atoms with Crippen LogP contribution in [-0.2, 0) is 6.42 Å². The van der Waals surface area contributed by atoms with Gasteiger partial charge in [0.25, 0.3) is 5.91 Å². The van der Waals surface area contributed by atoms with E-state index >= 15 is 0 Å². The maximum atomic E-state index is 13.0. The highest BCUT2D eigenvalue weighted by molar-refractivity contribution is 6.00. The van der Waals surface area contributed by atoms with Gasteiger partial charge in [-0.25, -0.2) is 0 Å². The van der Waals surface area contributed by atoms with Crippen molar-refractivity contribution in [2.45, 2.75) is 50.9 Å². The Bertz CT molecular complexity index is 1020. The number of ether oxygens (including phenoxy) is 1. The molecular weight excluding hydrogens is 394 g/mol.